The molecule has 2 amide bonds. The van der Waals surface area contributed by atoms with Crippen LogP contribution in [-0.4, -0.2) is 47.0 Å². The molecule has 1 fully saturated rings. The molecule has 32 heavy (non-hydrogen) atoms. The molecule has 0 bridgehead atoms. The van der Waals surface area contributed by atoms with Crippen LogP contribution in [-0.2, 0) is 22.4 Å². The molecule has 1 saturated heterocycles. The highest BCUT2D eigenvalue weighted by Gasteiger charge is 2.45. The molecule has 1 aliphatic rings. The normalized spacial score (nSPS) is 18.0. The Kier molecular flexibility index (Phi) is 5.99. The third-order valence-corrected chi connectivity index (χ3v) is 6.34. The lowest BCUT2D eigenvalue weighted by molar-refractivity contribution is -0.132. The summed E-state index contributed by atoms with van der Waals surface area (Å²) < 4.78 is 0. The predicted molar refractivity (Wildman–Crippen MR) is 123 cm³/mol. The van der Waals surface area contributed by atoms with Gasteiger partial charge in [0.15, 0.2) is 0 Å². The number of carbonyl (C=O) groups is 2. The van der Waals surface area contributed by atoms with Crippen molar-refractivity contribution in [2.24, 2.45) is 5.41 Å². The third-order valence-electron chi connectivity index (χ3n) is 6.34. The Balaban J connectivity index is 1.54. The topological polar surface area (TPSA) is 98.1 Å². The first-order chi connectivity index (χ1) is 15.4. The first kappa shape index (κ1) is 21.6. The minimum absolute atomic E-state index is 0.0194. The zero-order valence-corrected chi connectivity index (χ0v) is 18.4. The maximum atomic E-state index is 13.0. The van der Waals surface area contributed by atoms with Crippen LogP contribution in [0, 0.1) is 12.3 Å². The fourth-order valence-electron chi connectivity index (χ4n) is 4.50. The van der Waals surface area contributed by atoms with Crippen LogP contribution >= 0.6 is 0 Å². The molecule has 7 nitrogen and oxygen atoms in total. The first-order valence-corrected chi connectivity index (χ1v) is 10.8. The average Bonchev–Trinajstić information content (AvgIpc) is 3.41. The minimum atomic E-state index is -0.694. The lowest BCUT2D eigenvalue weighted by Gasteiger charge is -2.28. The Morgan fingerprint density at radius 3 is 2.59 bits per heavy atom. The molecule has 166 valence electrons. The molecule has 1 unspecified atom stereocenters. The van der Waals surface area contributed by atoms with Crippen LogP contribution in [0.25, 0.3) is 11.1 Å². The highest BCUT2D eigenvalue weighted by atomic mass is 16.2. The number of amides is 2. The standard InChI is InChI=1S/C25H28N4O3/c1-17-6-8-19(9-7-17)20-5-3-4-18(12-20)14-25(24(32)26-2)10-11-29(16-25)22(30)13-21-15-27-28-23(21)31/h3-9,12,15H,10-11,13-14,16H2,1-2H3,(H,26,32)(H2,27,28,31). The molecule has 1 aromatic heterocycles. The summed E-state index contributed by atoms with van der Waals surface area (Å²) in [4.78, 5) is 39.2. The number of aromatic nitrogens is 2. The fourth-order valence-corrected chi connectivity index (χ4v) is 4.50. The Morgan fingerprint density at radius 2 is 1.91 bits per heavy atom. The van der Waals surface area contributed by atoms with E-state index in [-0.39, 0.29) is 23.8 Å². The number of aromatic amines is 2. The van der Waals surface area contributed by atoms with Crippen molar-refractivity contribution in [3.63, 3.8) is 0 Å². The number of nitrogens with zero attached hydrogens (tertiary/aromatic N) is 1. The molecular formula is C25H28N4O3. The van der Waals surface area contributed by atoms with E-state index in [0.717, 1.165) is 16.7 Å². The van der Waals surface area contributed by atoms with E-state index in [1.807, 2.05) is 12.1 Å². The van der Waals surface area contributed by atoms with Crippen molar-refractivity contribution >= 4 is 11.8 Å². The number of hydrogen-bond donors (Lipinski definition) is 3. The molecule has 0 spiro atoms. The number of hydrogen-bond acceptors (Lipinski definition) is 3. The third kappa shape index (κ3) is 4.37. The second kappa shape index (κ2) is 8.86. The van der Waals surface area contributed by atoms with Gasteiger partial charge in [0.05, 0.1) is 11.8 Å². The number of rotatable bonds is 6. The van der Waals surface area contributed by atoms with Crippen LogP contribution < -0.4 is 10.9 Å². The van der Waals surface area contributed by atoms with E-state index in [2.05, 4.69) is 58.8 Å². The molecule has 2 aromatic carbocycles. The van der Waals surface area contributed by atoms with Gasteiger partial charge in [0.1, 0.15) is 0 Å². The summed E-state index contributed by atoms with van der Waals surface area (Å²) in [6, 6.07) is 16.6. The van der Waals surface area contributed by atoms with Gasteiger partial charge in [0, 0.05) is 31.9 Å². The minimum Gasteiger partial charge on any atom is -0.359 e. The van der Waals surface area contributed by atoms with Gasteiger partial charge in [-0.15, -0.1) is 0 Å². The van der Waals surface area contributed by atoms with Crippen LogP contribution in [0.2, 0.25) is 0 Å². The summed E-state index contributed by atoms with van der Waals surface area (Å²) in [5.41, 5.74) is 3.92. The molecular weight excluding hydrogens is 404 g/mol. The molecule has 2 heterocycles. The van der Waals surface area contributed by atoms with Gasteiger partial charge < -0.3 is 15.3 Å². The first-order valence-electron chi connectivity index (χ1n) is 10.8. The van der Waals surface area contributed by atoms with E-state index in [0.29, 0.717) is 31.5 Å². The number of benzene rings is 2. The van der Waals surface area contributed by atoms with Crippen molar-refractivity contribution in [1.82, 2.24) is 20.4 Å². The number of likely N-dealkylation sites (tertiary alicyclic amines) is 1. The van der Waals surface area contributed by atoms with Crippen LogP contribution in [0.3, 0.4) is 0 Å². The smallest absolute Gasteiger partial charge is 0.267 e. The maximum Gasteiger partial charge on any atom is 0.267 e. The highest BCUT2D eigenvalue weighted by Crippen LogP contribution is 2.36. The summed E-state index contributed by atoms with van der Waals surface area (Å²) in [7, 11) is 1.64. The van der Waals surface area contributed by atoms with E-state index in [4.69, 9.17) is 0 Å². The number of H-pyrrole nitrogens is 2. The zero-order chi connectivity index (χ0) is 22.7. The molecule has 3 N–H and O–H groups in total. The van der Waals surface area contributed by atoms with Crippen molar-refractivity contribution < 1.29 is 9.59 Å². The van der Waals surface area contributed by atoms with Gasteiger partial charge in [0.25, 0.3) is 5.56 Å². The van der Waals surface area contributed by atoms with Crippen LogP contribution in [0.1, 0.15) is 23.1 Å². The van der Waals surface area contributed by atoms with Crippen molar-refractivity contribution in [2.45, 2.75) is 26.2 Å². The molecule has 0 aliphatic carbocycles. The quantitative estimate of drug-likeness (QED) is 0.558. The molecule has 3 aromatic rings. The van der Waals surface area contributed by atoms with Crippen LogP contribution in [0.5, 0.6) is 0 Å². The van der Waals surface area contributed by atoms with E-state index in [1.165, 1.54) is 11.8 Å². The number of carbonyl (C=O) groups excluding carboxylic acids is 2. The second-order valence-electron chi connectivity index (χ2n) is 8.61. The molecule has 1 atom stereocenters. The lowest BCUT2D eigenvalue weighted by atomic mass is 9.79. The lowest BCUT2D eigenvalue weighted by Crippen LogP contribution is -2.44. The zero-order valence-electron chi connectivity index (χ0n) is 18.4. The summed E-state index contributed by atoms with van der Waals surface area (Å²) in [5.74, 6) is -0.206. The van der Waals surface area contributed by atoms with E-state index < -0.39 is 5.41 Å². The fraction of sp³-hybridized carbons (Fsp3) is 0.320. The van der Waals surface area contributed by atoms with Crippen molar-refractivity contribution in [1.29, 1.82) is 0 Å². The Bertz CT molecular complexity index is 1180. The van der Waals surface area contributed by atoms with Gasteiger partial charge in [0.2, 0.25) is 11.8 Å². The van der Waals surface area contributed by atoms with Crippen molar-refractivity contribution in [2.75, 3.05) is 20.1 Å². The molecule has 4 rings (SSSR count). The second-order valence-corrected chi connectivity index (χ2v) is 8.61. The summed E-state index contributed by atoms with van der Waals surface area (Å²) in [6.07, 6.45) is 2.65. The number of nitrogens with one attached hydrogen (secondary N) is 3. The van der Waals surface area contributed by atoms with Gasteiger partial charge >= 0.3 is 0 Å². The van der Waals surface area contributed by atoms with E-state index in [1.54, 1.807) is 11.9 Å². The molecule has 0 radical (unpaired) electrons. The van der Waals surface area contributed by atoms with Crippen LogP contribution in [0.15, 0.2) is 59.5 Å². The van der Waals surface area contributed by atoms with Gasteiger partial charge in [-0.3, -0.25) is 19.5 Å². The summed E-state index contributed by atoms with van der Waals surface area (Å²) in [6.45, 7) is 2.89. The molecule has 7 heteroatoms. The Hall–Kier alpha value is -3.61. The van der Waals surface area contributed by atoms with Gasteiger partial charge in [-0.05, 0) is 36.5 Å². The number of aryl methyl sites for hydroxylation is 1. The monoisotopic (exact) mass is 432 g/mol. The van der Waals surface area contributed by atoms with Crippen molar-refractivity contribution in [3.8, 4) is 11.1 Å². The summed E-state index contributed by atoms with van der Waals surface area (Å²) in [5, 5.41) is 7.86. The summed E-state index contributed by atoms with van der Waals surface area (Å²) >= 11 is 0. The Labute approximate surface area is 186 Å². The predicted octanol–water partition coefficient (Wildman–Crippen LogP) is 2.43. The van der Waals surface area contributed by atoms with Crippen LogP contribution in [0.4, 0.5) is 0 Å². The molecule has 0 saturated carbocycles. The average molecular weight is 433 g/mol. The Morgan fingerprint density at radius 1 is 1.12 bits per heavy atom. The van der Waals surface area contributed by atoms with E-state index >= 15 is 0 Å². The highest BCUT2D eigenvalue weighted by molar-refractivity contribution is 5.86. The van der Waals surface area contributed by atoms with Crippen molar-refractivity contribution in [3.05, 3.63) is 81.8 Å². The van der Waals surface area contributed by atoms with Gasteiger partial charge in [-0.25, -0.2) is 0 Å². The SMILES string of the molecule is CNC(=O)C1(Cc2cccc(-c3ccc(C)cc3)c2)CCN(C(=O)Cc2c[nH][nH]c2=O)C1. The van der Waals surface area contributed by atoms with E-state index in [9.17, 15) is 14.4 Å². The molecule has 1 aliphatic heterocycles. The van der Waals surface area contributed by atoms with Gasteiger partial charge in [-0.2, -0.15) is 0 Å². The largest absolute Gasteiger partial charge is 0.359 e. The maximum absolute atomic E-state index is 13.0. The van der Waals surface area contributed by atoms with Gasteiger partial charge in [-0.1, -0.05) is 54.1 Å².